The fourth-order valence-electron chi connectivity index (χ4n) is 1.15. The Bertz CT molecular complexity index is 192. The predicted octanol–water partition coefficient (Wildman–Crippen LogP) is 0.790. The summed E-state index contributed by atoms with van der Waals surface area (Å²) in [4.78, 5) is 22.6. The van der Waals surface area contributed by atoms with E-state index in [9.17, 15) is 9.59 Å². The summed E-state index contributed by atoms with van der Waals surface area (Å²) in [5.74, 6) is -0.512. The lowest BCUT2D eigenvalue weighted by molar-refractivity contribution is -0.184. The second kappa shape index (κ2) is 4.48. The first-order valence-corrected chi connectivity index (χ1v) is 3.98. The molecule has 0 saturated heterocycles. The van der Waals surface area contributed by atoms with Gasteiger partial charge in [-0.2, -0.15) is 0 Å². The first-order valence-electron chi connectivity index (χ1n) is 3.98. The molecule has 0 saturated carbocycles. The lowest BCUT2D eigenvalue weighted by Gasteiger charge is -2.30. The van der Waals surface area contributed by atoms with E-state index in [4.69, 9.17) is 9.47 Å². The van der Waals surface area contributed by atoms with Crippen molar-refractivity contribution in [1.29, 1.82) is 0 Å². The van der Waals surface area contributed by atoms with Gasteiger partial charge in [0.1, 0.15) is 17.0 Å². The number of hydrogen-bond donors (Lipinski definition) is 0. The molecular formula is C9H16O4. The van der Waals surface area contributed by atoms with Crippen LogP contribution >= 0.6 is 0 Å². The minimum Gasteiger partial charge on any atom is -0.354 e. The zero-order chi connectivity index (χ0) is 10.6. The van der Waals surface area contributed by atoms with E-state index in [1.54, 1.807) is 0 Å². The van der Waals surface area contributed by atoms with Crippen molar-refractivity contribution < 1.29 is 19.1 Å². The first kappa shape index (κ1) is 12.3. The molecule has 0 radical (unpaired) electrons. The molecule has 0 unspecified atom stereocenters. The molecule has 0 aromatic rings. The zero-order valence-electron chi connectivity index (χ0n) is 8.71. The second-order valence-corrected chi connectivity index (χ2v) is 3.12. The molecule has 0 aromatic heterocycles. The van der Waals surface area contributed by atoms with Crippen molar-refractivity contribution in [3.63, 3.8) is 0 Å². The maximum atomic E-state index is 11.3. The van der Waals surface area contributed by atoms with Crippen LogP contribution in [0.2, 0.25) is 0 Å². The van der Waals surface area contributed by atoms with Crippen LogP contribution in [-0.2, 0) is 19.1 Å². The predicted molar refractivity (Wildman–Crippen MR) is 47.3 cm³/mol. The van der Waals surface area contributed by atoms with Gasteiger partial charge in [0, 0.05) is 14.2 Å². The summed E-state index contributed by atoms with van der Waals surface area (Å²) in [7, 11) is 2.80. The van der Waals surface area contributed by atoms with Gasteiger partial charge in [0.05, 0.1) is 0 Å². The van der Waals surface area contributed by atoms with Gasteiger partial charge in [0.25, 0.3) is 0 Å². The van der Waals surface area contributed by atoms with Crippen LogP contribution in [0, 0.1) is 5.41 Å². The van der Waals surface area contributed by atoms with E-state index in [1.165, 1.54) is 35.0 Å². The molecule has 0 aliphatic rings. The summed E-state index contributed by atoms with van der Waals surface area (Å²) >= 11 is 0. The number of hydrogen-bond acceptors (Lipinski definition) is 4. The Morgan fingerprint density at radius 1 is 1.08 bits per heavy atom. The van der Waals surface area contributed by atoms with Gasteiger partial charge in [-0.15, -0.1) is 0 Å². The topological polar surface area (TPSA) is 52.6 Å². The molecular weight excluding hydrogens is 172 g/mol. The van der Waals surface area contributed by atoms with E-state index in [0.717, 1.165) is 0 Å². The van der Waals surface area contributed by atoms with Crippen LogP contribution < -0.4 is 0 Å². The smallest absolute Gasteiger partial charge is 0.175 e. The van der Waals surface area contributed by atoms with Gasteiger partial charge in [-0.25, -0.2) is 0 Å². The van der Waals surface area contributed by atoms with Crippen LogP contribution in [0.15, 0.2) is 0 Å². The number of carbonyl (C=O) groups is 2. The Kier molecular flexibility index (Phi) is 4.23. The van der Waals surface area contributed by atoms with Crippen LogP contribution in [0.4, 0.5) is 0 Å². The third kappa shape index (κ3) is 2.14. The van der Waals surface area contributed by atoms with E-state index < -0.39 is 11.7 Å². The van der Waals surface area contributed by atoms with E-state index in [2.05, 4.69) is 0 Å². The molecule has 0 aliphatic carbocycles. The fraction of sp³-hybridized carbons (Fsp3) is 0.778. The lowest BCUT2D eigenvalue weighted by atomic mass is 9.81. The van der Waals surface area contributed by atoms with Crippen molar-refractivity contribution in [2.24, 2.45) is 5.41 Å². The Morgan fingerprint density at radius 2 is 1.38 bits per heavy atom. The van der Waals surface area contributed by atoms with E-state index in [-0.39, 0.29) is 11.6 Å². The number of carbonyl (C=O) groups excluding carboxylic acids is 2. The highest BCUT2D eigenvalue weighted by Gasteiger charge is 2.44. The fourth-order valence-corrected chi connectivity index (χ4v) is 1.15. The number of ketones is 2. The van der Waals surface area contributed by atoms with E-state index in [0.29, 0.717) is 0 Å². The summed E-state index contributed by atoms with van der Waals surface area (Å²) in [6, 6.07) is 0. The standard InChI is InChI=1S/C9H16O4/c1-6(10)9(3,7(2)11)8(12-4)13-5/h8H,1-5H3. The van der Waals surface area contributed by atoms with Gasteiger partial charge in [-0.05, 0) is 20.8 Å². The van der Waals surface area contributed by atoms with Gasteiger partial charge >= 0.3 is 0 Å². The van der Waals surface area contributed by atoms with Crippen molar-refractivity contribution in [1.82, 2.24) is 0 Å². The minimum atomic E-state index is -1.20. The van der Waals surface area contributed by atoms with E-state index in [1.807, 2.05) is 0 Å². The summed E-state index contributed by atoms with van der Waals surface area (Å²) in [5, 5.41) is 0. The lowest BCUT2D eigenvalue weighted by Crippen LogP contribution is -2.46. The Labute approximate surface area is 78.2 Å². The maximum absolute atomic E-state index is 11.3. The van der Waals surface area contributed by atoms with Crippen LogP contribution in [0.5, 0.6) is 0 Å². The molecule has 76 valence electrons. The highest BCUT2D eigenvalue weighted by atomic mass is 16.7. The quantitative estimate of drug-likeness (QED) is 0.473. The molecule has 0 amide bonds. The Hall–Kier alpha value is -0.740. The van der Waals surface area contributed by atoms with Crippen LogP contribution in [0.3, 0.4) is 0 Å². The molecule has 13 heavy (non-hydrogen) atoms. The van der Waals surface area contributed by atoms with E-state index >= 15 is 0 Å². The highest BCUT2D eigenvalue weighted by Crippen LogP contribution is 2.26. The summed E-state index contributed by atoms with van der Waals surface area (Å²) in [5.41, 5.74) is -1.20. The second-order valence-electron chi connectivity index (χ2n) is 3.12. The first-order chi connectivity index (χ1) is 5.91. The van der Waals surface area contributed by atoms with Crippen LogP contribution in [0.25, 0.3) is 0 Å². The molecule has 0 fully saturated rings. The van der Waals surface area contributed by atoms with Crippen molar-refractivity contribution >= 4 is 11.6 Å². The molecule has 0 aromatic carbocycles. The minimum absolute atomic E-state index is 0.256. The molecule has 0 aliphatic heterocycles. The molecule has 4 heteroatoms. The summed E-state index contributed by atoms with van der Waals surface area (Å²) in [6.45, 7) is 4.23. The third-order valence-corrected chi connectivity index (χ3v) is 2.36. The number of Topliss-reactive ketones (excluding diaryl/α,β-unsaturated/α-hetero) is 2. The van der Waals surface area contributed by atoms with Crippen molar-refractivity contribution in [3.8, 4) is 0 Å². The number of ether oxygens (including phenoxy) is 2. The van der Waals surface area contributed by atoms with Crippen molar-refractivity contribution in [2.45, 2.75) is 27.1 Å². The van der Waals surface area contributed by atoms with Gasteiger partial charge in [0.15, 0.2) is 6.29 Å². The van der Waals surface area contributed by atoms with Crippen molar-refractivity contribution in [3.05, 3.63) is 0 Å². The molecule has 0 bridgehead atoms. The largest absolute Gasteiger partial charge is 0.354 e. The van der Waals surface area contributed by atoms with Gasteiger partial charge in [-0.3, -0.25) is 9.59 Å². The Morgan fingerprint density at radius 3 is 1.46 bits per heavy atom. The van der Waals surface area contributed by atoms with Crippen LogP contribution in [-0.4, -0.2) is 32.1 Å². The van der Waals surface area contributed by atoms with Gasteiger partial charge in [0.2, 0.25) is 0 Å². The molecule has 0 atom stereocenters. The van der Waals surface area contributed by atoms with Gasteiger partial charge in [-0.1, -0.05) is 0 Å². The normalized spacial score (nSPS) is 11.8. The average molecular weight is 188 g/mol. The Balaban J connectivity index is 4.98. The average Bonchev–Trinajstić information content (AvgIpc) is 2.05. The number of rotatable bonds is 5. The molecule has 0 N–H and O–H groups in total. The molecule has 4 nitrogen and oxygen atoms in total. The van der Waals surface area contributed by atoms with Crippen molar-refractivity contribution in [2.75, 3.05) is 14.2 Å². The molecule has 0 rings (SSSR count). The molecule has 0 spiro atoms. The monoisotopic (exact) mass is 188 g/mol. The molecule has 0 heterocycles. The summed E-state index contributed by atoms with van der Waals surface area (Å²) in [6.07, 6.45) is -0.817. The maximum Gasteiger partial charge on any atom is 0.175 e. The van der Waals surface area contributed by atoms with Gasteiger partial charge < -0.3 is 9.47 Å². The zero-order valence-corrected chi connectivity index (χ0v) is 8.71. The SMILES string of the molecule is COC(OC)C(C)(C(C)=O)C(C)=O. The summed E-state index contributed by atoms with van der Waals surface area (Å²) < 4.78 is 9.85. The number of methoxy groups -OCH3 is 2. The third-order valence-electron chi connectivity index (χ3n) is 2.36. The highest BCUT2D eigenvalue weighted by molar-refractivity contribution is 6.05. The van der Waals surface area contributed by atoms with Crippen LogP contribution in [0.1, 0.15) is 20.8 Å².